The van der Waals surface area contributed by atoms with Crippen molar-refractivity contribution in [3.05, 3.63) is 52.7 Å². The third-order valence-corrected chi connectivity index (χ3v) is 5.07. The fourth-order valence-corrected chi connectivity index (χ4v) is 3.10. The summed E-state index contributed by atoms with van der Waals surface area (Å²) in [5.74, 6) is -4.62. The van der Waals surface area contributed by atoms with Crippen LogP contribution in [-0.4, -0.2) is 36.3 Å². The first kappa shape index (κ1) is 25.7. The zero-order chi connectivity index (χ0) is 26.1. The lowest BCUT2D eigenvalue weighted by atomic mass is 10.1. The van der Waals surface area contributed by atoms with E-state index in [-0.39, 0.29) is 28.0 Å². The number of aromatic nitrogens is 1. The van der Waals surface area contributed by atoms with Gasteiger partial charge in [-0.15, -0.1) is 0 Å². The Morgan fingerprint density at radius 3 is 2.46 bits per heavy atom. The molecule has 3 aromatic rings. The fraction of sp³-hybridized carbons (Fsp3) is 0.190. The molecule has 0 spiro atoms. The number of halogens is 6. The highest BCUT2D eigenvalue weighted by molar-refractivity contribution is 6.34. The Labute approximate surface area is 199 Å². The van der Waals surface area contributed by atoms with E-state index in [0.29, 0.717) is 13.0 Å². The minimum Gasteiger partial charge on any atom is -0.496 e. The molecule has 14 heteroatoms. The van der Waals surface area contributed by atoms with Crippen molar-refractivity contribution in [3.8, 4) is 17.2 Å². The van der Waals surface area contributed by atoms with Crippen LogP contribution in [0.2, 0.25) is 5.02 Å². The summed E-state index contributed by atoms with van der Waals surface area (Å²) in [4.78, 5) is 27.6. The van der Waals surface area contributed by atoms with Gasteiger partial charge in [-0.1, -0.05) is 11.6 Å². The molecule has 0 saturated carbocycles. The first-order chi connectivity index (χ1) is 16.3. The molecule has 186 valence electrons. The fourth-order valence-electron chi connectivity index (χ4n) is 2.91. The van der Waals surface area contributed by atoms with Gasteiger partial charge in [0, 0.05) is 23.7 Å². The number of nitrogens with one attached hydrogen (secondary N) is 2. The van der Waals surface area contributed by atoms with Gasteiger partial charge >= 0.3 is 12.2 Å². The topological polar surface area (TPSA) is 116 Å². The number of amides is 3. The molecule has 1 heterocycles. The molecule has 3 amide bonds. The van der Waals surface area contributed by atoms with E-state index in [1.165, 1.54) is 31.5 Å². The summed E-state index contributed by atoms with van der Waals surface area (Å²) in [7, 11) is 1.31. The number of hydrogen-bond acceptors (Lipinski definition) is 5. The standard InChI is InChI=1S/C21H16ClF5N4O4/c1-8(21(25,26)27)30-20(33)31-13-6-11(23)18(17(24)16(13)22)35-14-3-4-29-12-7-15(34-2)10(19(28)32)5-9(12)14/h3-8H,1-2H3,(H2,28,32)(H2,30,31,33). The molecular formula is C21H16ClF5N4O4. The van der Waals surface area contributed by atoms with E-state index in [4.69, 9.17) is 26.8 Å². The largest absolute Gasteiger partial charge is 0.496 e. The van der Waals surface area contributed by atoms with Crippen LogP contribution in [0.25, 0.3) is 10.9 Å². The van der Waals surface area contributed by atoms with Crippen molar-refractivity contribution in [2.75, 3.05) is 12.4 Å². The summed E-state index contributed by atoms with van der Waals surface area (Å²) in [6, 6.07) is 0.831. The highest BCUT2D eigenvalue weighted by atomic mass is 35.5. The van der Waals surface area contributed by atoms with Crippen LogP contribution in [0.1, 0.15) is 17.3 Å². The normalized spacial score (nSPS) is 12.2. The van der Waals surface area contributed by atoms with Crippen molar-refractivity contribution >= 4 is 40.1 Å². The molecule has 0 bridgehead atoms. The Balaban J connectivity index is 1.96. The van der Waals surface area contributed by atoms with Gasteiger partial charge in [0.25, 0.3) is 5.91 Å². The maximum atomic E-state index is 14.9. The molecule has 0 saturated heterocycles. The molecule has 0 fully saturated rings. The SMILES string of the molecule is COc1cc2nccc(Oc3c(F)cc(NC(=O)NC(C)C(F)(F)F)c(Cl)c3F)c2cc1C(N)=O. The Hall–Kier alpha value is -3.87. The number of alkyl halides is 3. The highest BCUT2D eigenvalue weighted by Crippen LogP contribution is 2.39. The van der Waals surface area contributed by atoms with Crippen molar-refractivity contribution < 1.29 is 41.0 Å². The second-order valence-electron chi connectivity index (χ2n) is 7.07. The predicted molar refractivity (Wildman–Crippen MR) is 116 cm³/mol. The van der Waals surface area contributed by atoms with Crippen LogP contribution >= 0.6 is 11.6 Å². The summed E-state index contributed by atoms with van der Waals surface area (Å²) in [5, 5.41) is 2.75. The average Bonchev–Trinajstić information content (AvgIpc) is 2.78. The number of carbonyl (C=O) groups excluding carboxylic acids is 2. The van der Waals surface area contributed by atoms with E-state index in [0.717, 1.165) is 0 Å². The second kappa shape index (κ2) is 9.78. The van der Waals surface area contributed by atoms with Gasteiger partial charge in [-0.25, -0.2) is 13.6 Å². The number of rotatable bonds is 6. The first-order valence-electron chi connectivity index (χ1n) is 9.59. The minimum atomic E-state index is -4.74. The van der Waals surface area contributed by atoms with Crippen LogP contribution in [0, 0.1) is 11.6 Å². The molecule has 1 aromatic heterocycles. The highest BCUT2D eigenvalue weighted by Gasteiger charge is 2.37. The number of benzene rings is 2. The number of carbonyl (C=O) groups is 2. The van der Waals surface area contributed by atoms with Gasteiger partial charge in [-0.3, -0.25) is 9.78 Å². The Bertz CT molecular complexity index is 1320. The number of fused-ring (bicyclic) bond motifs is 1. The zero-order valence-corrected chi connectivity index (χ0v) is 18.6. The van der Waals surface area contributed by atoms with Crippen LogP contribution < -0.4 is 25.8 Å². The van der Waals surface area contributed by atoms with E-state index in [2.05, 4.69) is 4.98 Å². The summed E-state index contributed by atoms with van der Waals surface area (Å²) in [6.45, 7) is 0.678. The van der Waals surface area contributed by atoms with Crippen LogP contribution in [0.4, 0.5) is 32.4 Å². The summed E-state index contributed by atoms with van der Waals surface area (Å²) < 4.78 is 77.8. The number of urea groups is 1. The van der Waals surface area contributed by atoms with Crippen LogP contribution in [0.3, 0.4) is 0 Å². The van der Waals surface area contributed by atoms with Crippen molar-refractivity contribution in [2.45, 2.75) is 19.1 Å². The smallest absolute Gasteiger partial charge is 0.408 e. The van der Waals surface area contributed by atoms with E-state index >= 15 is 0 Å². The molecule has 3 rings (SSSR count). The van der Waals surface area contributed by atoms with Crippen LogP contribution in [0.15, 0.2) is 30.5 Å². The summed E-state index contributed by atoms with van der Waals surface area (Å²) in [5.41, 5.74) is 4.90. The molecule has 0 aliphatic carbocycles. The van der Waals surface area contributed by atoms with E-state index < -0.39 is 52.3 Å². The number of anilines is 1. The second-order valence-corrected chi connectivity index (χ2v) is 7.45. The van der Waals surface area contributed by atoms with Gasteiger partial charge in [0.05, 0.1) is 23.9 Å². The van der Waals surface area contributed by atoms with E-state index in [1.54, 1.807) is 5.32 Å². The Morgan fingerprint density at radius 1 is 1.17 bits per heavy atom. The predicted octanol–water partition coefficient (Wildman–Crippen LogP) is 5.14. The third kappa shape index (κ3) is 5.45. The lowest BCUT2D eigenvalue weighted by Gasteiger charge is -2.18. The monoisotopic (exact) mass is 518 g/mol. The first-order valence-corrected chi connectivity index (χ1v) is 9.97. The molecule has 4 N–H and O–H groups in total. The van der Waals surface area contributed by atoms with Crippen LogP contribution in [0.5, 0.6) is 17.2 Å². The number of methoxy groups -OCH3 is 1. The molecule has 1 atom stereocenters. The maximum Gasteiger partial charge on any atom is 0.408 e. The molecule has 1 unspecified atom stereocenters. The lowest BCUT2D eigenvalue weighted by molar-refractivity contribution is -0.148. The molecule has 8 nitrogen and oxygen atoms in total. The molecular weight excluding hydrogens is 503 g/mol. The lowest BCUT2D eigenvalue weighted by Crippen LogP contribution is -2.45. The van der Waals surface area contributed by atoms with Gasteiger partial charge in [-0.05, 0) is 19.1 Å². The van der Waals surface area contributed by atoms with E-state index in [1.807, 2.05) is 5.32 Å². The Kier molecular flexibility index (Phi) is 7.19. The van der Waals surface area contributed by atoms with Crippen molar-refractivity contribution in [3.63, 3.8) is 0 Å². The number of nitrogens with zero attached hydrogens (tertiary/aromatic N) is 1. The van der Waals surface area contributed by atoms with Crippen molar-refractivity contribution in [1.29, 1.82) is 0 Å². The van der Waals surface area contributed by atoms with Gasteiger partial charge in [0.2, 0.25) is 0 Å². The number of pyridine rings is 1. The maximum absolute atomic E-state index is 14.9. The Morgan fingerprint density at radius 2 is 1.86 bits per heavy atom. The van der Waals surface area contributed by atoms with E-state index in [9.17, 15) is 31.5 Å². The molecule has 0 aliphatic rings. The minimum absolute atomic E-state index is 0.0459. The van der Waals surface area contributed by atoms with Crippen molar-refractivity contribution in [1.82, 2.24) is 10.3 Å². The average molecular weight is 519 g/mol. The summed E-state index contributed by atoms with van der Waals surface area (Å²) in [6.07, 6.45) is -3.47. The zero-order valence-electron chi connectivity index (χ0n) is 17.9. The molecule has 35 heavy (non-hydrogen) atoms. The van der Waals surface area contributed by atoms with Gasteiger partial charge in [0.15, 0.2) is 17.4 Å². The van der Waals surface area contributed by atoms with Crippen LogP contribution in [-0.2, 0) is 0 Å². The molecule has 2 aromatic carbocycles. The van der Waals surface area contributed by atoms with Gasteiger partial charge in [0.1, 0.15) is 22.6 Å². The molecule has 0 aliphatic heterocycles. The quantitative estimate of drug-likeness (QED) is 0.309. The van der Waals surface area contributed by atoms with Gasteiger partial charge < -0.3 is 25.8 Å². The van der Waals surface area contributed by atoms with Crippen molar-refractivity contribution in [2.24, 2.45) is 5.73 Å². The number of hydrogen-bond donors (Lipinski definition) is 3. The molecule has 0 radical (unpaired) electrons. The number of nitrogens with two attached hydrogens (primary N) is 1. The third-order valence-electron chi connectivity index (χ3n) is 4.70. The number of ether oxygens (including phenoxy) is 2. The van der Waals surface area contributed by atoms with Gasteiger partial charge in [-0.2, -0.15) is 13.2 Å². The number of primary amides is 1. The summed E-state index contributed by atoms with van der Waals surface area (Å²) >= 11 is 5.86.